The topological polar surface area (TPSA) is 22.1 Å². The minimum absolute atomic E-state index is 0.452. The monoisotopic (exact) mass is 322 g/mol. The van der Waals surface area contributed by atoms with E-state index in [0.717, 1.165) is 45.7 Å². The summed E-state index contributed by atoms with van der Waals surface area (Å²) in [5.74, 6) is 0. The molecule has 0 bridgehead atoms. The number of benzene rings is 1. The van der Waals surface area contributed by atoms with Gasteiger partial charge in [-0.15, -0.1) is 0 Å². The number of rotatable bonds is 4. The van der Waals surface area contributed by atoms with Crippen molar-refractivity contribution in [2.75, 3.05) is 32.7 Å². The third kappa shape index (κ3) is 3.60. The fraction of sp³-hybridized carbons (Fsp3) is 0.450. The molecule has 4 heteroatoms. The van der Waals surface area contributed by atoms with Crippen molar-refractivity contribution in [3.05, 3.63) is 59.8 Å². The number of piperazine rings is 1. The Morgan fingerprint density at radius 3 is 2.38 bits per heavy atom. The van der Waals surface area contributed by atoms with Crippen molar-refractivity contribution < 1.29 is 0 Å². The second-order valence-electron chi connectivity index (χ2n) is 7.08. The van der Waals surface area contributed by atoms with Crippen LogP contribution in [0.1, 0.15) is 17.5 Å². The Morgan fingerprint density at radius 2 is 1.67 bits per heavy atom. The smallest absolute Gasteiger partial charge is 0.0755 e. The molecule has 0 N–H and O–H groups in total. The lowest BCUT2D eigenvalue weighted by atomic mass is 10.1. The molecule has 1 atom stereocenters. The van der Waals surface area contributed by atoms with Crippen molar-refractivity contribution in [2.24, 2.45) is 5.10 Å². The summed E-state index contributed by atoms with van der Waals surface area (Å²) in [7, 11) is 0. The van der Waals surface area contributed by atoms with Crippen LogP contribution < -0.4 is 0 Å². The lowest BCUT2D eigenvalue weighted by molar-refractivity contribution is 0.139. The zero-order chi connectivity index (χ0) is 16.4. The van der Waals surface area contributed by atoms with E-state index in [9.17, 15) is 0 Å². The van der Waals surface area contributed by atoms with Crippen molar-refractivity contribution in [1.82, 2.24) is 14.8 Å². The van der Waals surface area contributed by atoms with Crippen LogP contribution in [0.2, 0.25) is 0 Å². The largest absolute Gasteiger partial charge is 0.297 e. The molecule has 1 aromatic rings. The Bertz CT molecular complexity index is 651. The van der Waals surface area contributed by atoms with Gasteiger partial charge in [0.1, 0.15) is 0 Å². The van der Waals surface area contributed by atoms with Gasteiger partial charge in [0.25, 0.3) is 0 Å². The van der Waals surface area contributed by atoms with Crippen molar-refractivity contribution in [3.63, 3.8) is 0 Å². The molecule has 4 nitrogen and oxygen atoms in total. The Labute approximate surface area is 144 Å². The van der Waals surface area contributed by atoms with Crippen LogP contribution in [0.25, 0.3) is 0 Å². The zero-order valence-electron chi connectivity index (χ0n) is 14.4. The molecule has 0 saturated carbocycles. The fourth-order valence-corrected chi connectivity index (χ4v) is 3.66. The van der Waals surface area contributed by atoms with Gasteiger partial charge in [-0.2, -0.15) is 5.10 Å². The van der Waals surface area contributed by atoms with Crippen molar-refractivity contribution in [2.45, 2.75) is 25.9 Å². The first-order chi connectivity index (χ1) is 11.8. The lowest BCUT2D eigenvalue weighted by Gasteiger charge is -2.34. The molecular formula is C20H26N4. The zero-order valence-corrected chi connectivity index (χ0v) is 14.4. The van der Waals surface area contributed by atoms with Crippen LogP contribution in [0.15, 0.2) is 53.8 Å². The third-order valence-corrected chi connectivity index (χ3v) is 5.12. The quantitative estimate of drug-likeness (QED) is 0.851. The maximum Gasteiger partial charge on any atom is 0.0755 e. The van der Waals surface area contributed by atoms with Crippen LogP contribution in [-0.4, -0.2) is 59.3 Å². The molecule has 3 aliphatic rings. The standard InChI is InChI=1S/C20H26N4/c1-17-5-7-18(8-6-17)15-22-10-12-23(13-11-22)16-19-14-20-4-2-3-9-24(20)21-19/h2-9,20H,10-16H2,1H3. The number of hydrazone groups is 1. The summed E-state index contributed by atoms with van der Waals surface area (Å²) in [6, 6.07) is 9.38. The van der Waals surface area contributed by atoms with Gasteiger partial charge in [0.15, 0.2) is 0 Å². The van der Waals surface area contributed by atoms with Crippen molar-refractivity contribution in [1.29, 1.82) is 0 Å². The third-order valence-electron chi connectivity index (χ3n) is 5.12. The molecule has 1 saturated heterocycles. The van der Waals surface area contributed by atoms with Crippen LogP contribution in [0.3, 0.4) is 0 Å². The first-order valence-corrected chi connectivity index (χ1v) is 8.96. The molecule has 126 valence electrons. The Kier molecular flexibility index (Phi) is 4.50. The van der Waals surface area contributed by atoms with Crippen LogP contribution in [0.5, 0.6) is 0 Å². The molecule has 24 heavy (non-hydrogen) atoms. The van der Waals surface area contributed by atoms with Gasteiger partial charge in [-0.1, -0.05) is 42.0 Å². The molecule has 0 radical (unpaired) electrons. The molecule has 1 aromatic carbocycles. The highest BCUT2D eigenvalue weighted by molar-refractivity contribution is 5.88. The van der Waals surface area contributed by atoms with Crippen LogP contribution in [-0.2, 0) is 6.54 Å². The highest BCUT2D eigenvalue weighted by Crippen LogP contribution is 2.21. The molecule has 0 spiro atoms. The van der Waals surface area contributed by atoms with E-state index in [1.54, 1.807) is 0 Å². The predicted octanol–water partition coefficient (Wildman–Crippen LogP) is 2.63. The lowest BCUT2D eigenvalue weighted by Crippen LogP contribution is -2.47. The van der Waals surface area contributed by atoms with E-state index in [-0.39, 0.29) is 0 Å². The average molecular weight is 322 g/mol. The van der Waals surface area contributed by atoms with Crippen molar-refractivity contribution >= 4 is 5.71 Å². The molecule has 1 fully saturated rings. The number of hydrogen-bond donors (Lipinski definition) is 0. The maximum absolute atomic E-state index is 4.76. The van der Waals surface area contributed by atoms with Crippen LogP contribution >= 0.6 is 0 Å². The summed E-state index contributed by atoms with van der Waals surface area (Å²) in [6.07, 6.45) is 9.59. The van der Waals surface area contributed by atoms with E-state index in [1.807, 2.05) is 0 Å². The van der Waals surface area contributed by atoms with E-state index >= 15 is 0 Å². The van der Waals surface area contributed by atoms with E-state index in [4.69, 9.17) is 5.10 Å². The van der Waals surface area contributed by atoms with Crippen molar-refractivity contribution in [3.8, 4) is 0 Å². The highest BCUT2D eigenvalue weighted by atomic mass is 15.5. The summed E-state index contributed by atoms with van der Waals surface area (Å²) in [6.45, 7) is 8.81. The number of fused-ring (bicyclic) bond motifs is 1. The van der Waals surface area contributed by atoms with Gasteiger partial charge in [-0.25, -0.2) is 0 Å². The van der Waals surface area contributed by atoms with E-state index in [2.05, 4.69) is 70.4 Å². The first kappa shape index (κ1) is 15.6. The number of nitrogens with zero attached hydrogens (tertiary/aromatic N) is 4. The van der Waals surface area contributed by atoms with Crippen LogP contribution in [0.4, 0.5) is 0 Å². The number of aryl methyl sites for hydroxylation is 1. The summed E-state index contributed by atoms with van der Waals surface area (Å²) in [5, 5.41) is 6.86. The van der Waals surface area contributed by atoms with Gasteiger partial charge in [0, 0.05) is 51.9 Å². The number of hydrogen-bond acceptors (Lipinski definition) is 4. The second kappa shape index (κ2) is 6.91. The van der Waals surface area contributed by atoms with E-state index < -0.39 is 0 Å². The summed E-state index contributed by atoms with van der Waals surface area (Å²) >= 11 is 0. The molecule has 1 unspecified atom stereocenters. The first-order valence-electron chi connectivity index (χ1n) is 8.96. The normalized spacial score (nSPS) is 24.3. The molecule has 3 heterocycles. The van der Waals surface area contributed by atoms with Gasteiger partial charge in [-0.3, -0.25) is 14.8 Å². The van der Waals surface area contributed by atoms with E-state index in [1.165, 1.54) is 16.8 Å². The summed E-state index contributed by atoms with van der Waals surface area (Å²) in [4.78, 5) is 5.11. The van der Waals surface area contributed by atoms with Gasteiger partial charge < -0.3 is 0 Å². The van der Waals surface area contributed by atoms with Gasteiger partial charge in [0.2, 0.25) is 0 Å². The minimum atomic E-state index is 0.452. The predicted molar refractivity (Wildman–Crippen MR) is 98.9 cm³/mol. The van der Waals surface area contributed by atoms with Gasteiger partial charge in [-0.05, 0) is 18.6 Å². The average Bonchev–Trinajstić information content (AvgIpc) is 3.01. The maximum atomic E-state index is 4.76. The molecule has 3 aliphatic heterocycles. The fourth-order valence-electron chi connectivity index (χ4n) is 3.66. The second-order valence-corrected chi connectivity index (χ2v) is 7.08. The summed E-state index contributed by atoms with van der Waals surface area (Å²) < 4.78 is 0. The molecule has 4 rings (SSSR count). The molecule has 0 aromatic heterocycles. The van der Waals surface area contributed by atoms with Crippen LogP contribution in [0, 0.1) is 6.92 Å². The SMILES string of the molecule is Cc1ccc(CN2CCN(CC3=NN4C=CC=CC4C3)CC2)cc1. The van der Waals surface area contributed by atoms with Gasteiger partial charge in [0.05, 0.1) is 11.8 Å². The Hall–Kier alpha value is -1.91. The minimum Gasteiger partial charge on any atom is -0.297 e. The number of allylic oxidation sites excluding steroid dienone is 2. The molecular weight excluding hydrogens is 296 g/mol. The van der Waals surface area contributed by atoms with E-state index in [0.29, 0.717) is 6.04 Å². The molecule has 0 aliphatic carbocycles. The summed E-state index contributed by atoms with van der Waals surface area (Å²) in [5.41, 5.74) is 4.08. The molecule has 0 amide bonds. The van der Waals surface area contributed by atoms with Gasteiger partial charge >= 0.3 is 0 Å². The Morgan fingerprint density at radius 1 is 0.958 bits per heavy atom. The highest BCUT2D eigenvalue weighted by Gasteiger charge is 2.26. The Balaban J connectivity index is 1.25.